The van der Waals surface area contributed by atoms with E-state index in [-0.39, 0.29) is 17.4 Å². The topological polar surface area (TPSA) is 104 Å². The Labute approximate surface area is 185 Å². The van der Waals surface area contributed by atoms with Crippen LogP contribution >= 0.6 is 11.6 Å². The molecule has 1 aliphatic heterocycles. The molecule has 0 amide bonds. The number of nitrogens with zero attached hydrogens (tertiary/aromatic N) is 4. The molecule has 162 valence electrons. The lowest BCUT2D eigenvalue weighted by atomic mass is 10.1. The van der Waals surface area contributed by atoms with Gasteiger partial charge in [0.05, 0.1) is 46.7 Å². The average Bonchev–Trinajstić information content (AvgIpc) is 3.16. The van der Waals surface area contributed by atoms with Crippen molar-refractivity contribution in [2.24, 2.45) is 0 Å². The SMILES string of the molecule is COc1cc(F)c([N+](=O)[O-])cc1Nc1ncc(Cl)c(-c2cn3c4c(cccc24)OCC3)n1. The van der Waals surface area contributed by atoms with Crippen LogP contribution in [0.5, 0.6) is 11.5 Å². The van der Waals surface area contributed by atoms with Crippen molar-refractivity contribution < 1.29 is 18.8 Å². The van der Waals surface area contributed by atoms with E-state index >= 15 is 0 Å². The molecule has 0 fully saturated rings. The minimum absolute atomic E-state index is 0.0671. The van der Waals surface area contributed by atoms with E-state index in [2.05, 4.69) is 19.9 Å². The highest BCUT2D eigenvalue weighted by molar-refractivity contribution is 6.33. The van der Waals surface area contributed by atoms with Crippen LogP contribution in [0.4, 0.5) is 21.7 Å². The number of hydrogen-bond acceptors (Lipinski definition) is 7. The van der Waals surface area contributed by atoms with Crippen molar-refractivity contribution in [2.45, 2.75) is 6.54 Å². The Kier molecular flexibility index (Phi) is 4.78. The molecular formula is C21H15ClFN5O4. The van der Waals surface area contributed by atoms with Gasteiger partial charge in [-0.2, -0.15) is 4.39 Å². The van der Waals surface area contributed by atoms with Gasteiger partial charge < -0.3 is 19.4 Å². The van der Waals surface area contributed by atoms with Crippen LogP contribution in [-0.2, 0) is 6.54 Å². The van der Waals surface area contributed by atoms with Crippen molar-refractivity contribution in [3.63, 3.8) is 0 Å². The lowest BCUT2D eigenvalue weighted by Crippen LogP contribution is -2.12. The molecule has 0 bridgehead atoms. The smallest absolute Gasteiger partial charge is 0.307 e. The summed E-state index contributed by atoms with van der Waals surface area (Å²) in [6.07, 6.45) is 3.39. The predicted molar refractivity (Wildman–Crippen MR) is 116 cm³/mol. The van der Waals surface area contributed by atoms with Crippen molar-refractivity contribution in [1.29, 1.82) is 0 Å². The van der Waals surface area contributed by atoms with Crippen LogP contribution in [0.3, 0.4) is 0 Å². The molecule has 4 aromatic rings. The van der Waals surface area contributed by atoms with Crippen molar-refractivity contribution in [3.05, 3.63) is 63.7 Å². The molecule has 0 unspecified atom stereocenters. The Morgan fingerprint density at radius 3 is 3.00 bits per heavy atom. The van der Waals surface area contributed by atoms with Gasteiger partial charge >= 0.3 is 5.69 Å². The first-order valence-corrected chi connectivity index (χ1v) is 9.90. The molecule has 2 aromatic carbocycles. The number of halogens is 2. The number of methoxy groups -OCH3 is 1. The zero-order valence-corrected chi connectivity index (χ0v) is 17.4. The van der Waals surface area contributed by atoms with Gasteiger partial charge in [-0.05, 0) is 6.07 Å². The van der Waals surface area contributed by atoms with Crippen LogP contribution in [-0.4, -0.2) is 33.2 Å². The molecule has 11 heteroatoms. The number of benzene rings is 2. The second-order valence-corrected chi connectivity index (χ2v) is 7.42. The predicted octanol–water partition coefficient (Wildman–Crippen LogP) is 4.94. The Balaban J connectivity index is 1.60. The number of para-hydroxylation sites is 1. The summed E-state index contributed by atoms with van der Waals surface area (Å²) in [6.45, 7) is 1.26. The Hall–Kier alpha value is -3.92. The summed E-state index contributed by atoms with van der Waals surface area (Å²) in [5.74, 6) is -0.0392. The van der Waals surface area contributed by atoms with Crippen molar-refractivity contribution in [2.75, 3.05) is 19.0 Å². The number of anilines is 2. The van der Waals surface area contributed by atoms with Gasteiger partial charge in [-0.15, -0.1) is 0 Å². The van der Waals surface area contributed by atoms with E-state index in [1.54, 1.807) is 0 Å². The van der Waals surface area contributed by atoms with Gasteiger partial charge in [-0.3, -0.25) is 10.1 Å². The summed E-state index contributed by atoms with van der Waals surface area (Å²) >= 11 is 6.43. The van der Waals surface area contributed by atoms with Crippen LogP contribution in [0, 0.1) is 15.9 Å². The molecule has 5 rings (SSSR count). The van der Waals surface area contributed by atoms with Gasteiger partial charge in [0.25, 0.3) is 0 Å². The highest BCUT2D eigenvalue weighted by Gasteiger charge is 2.22. The highest BCUT2D eigenvalue weighted by Crippen LogP contribution is 2.39. The first-order valence-electron chi connectivity index (χ1n) is 9.53. The number of nitrogens with one attached hydrogen (secondary N) is 1. The third kappa shape index (κ3) is 3.25. The summed E-state index contributed by atoms with van der Waals surface area (Å²) in [5, 5.41) is 15.3. The first-order chi connectivity index (χ1) is 15.5. The Morgan fingerprint density at radius 2 is 2.22 bits per heavy atom. The molecule has 1 N–H and O–H groups in total. The minimum Gasteiger partial charge on any atom is -0.494 e. The van der Waals surface area contributed by atoms with Crippen molar-refractivity contribution in [1.82, 2.24) is 14.5 Å². The lowest BCUT2D eigenvalue weighted by molar-refractivity contribution is -0.387. The second kappa shape index (κ2) is 7.65. The van der Waals surface area contributed by atoms with Crippen LogP contribution in [0.2, 0.25) is 5.02 Å². The fourth-order valence-electron chi connectivity index (χ4n) is 3.75. The van der Waals surface area contributed by atoms with E-state index in [4.69, 9.17) is 21.1 Å². The van der Waals surface area contributed by atoms with Crippen LogP contribution in [0.1, 0.15) is 0 Å². The normalized spacial score (nSPS) is 12.5. The number of hydrogen-bond donors (Lipinski definition) is 1. The van der Waals surface area contributed by atoms with Crippen molar-refractivity contribution >= 4 is 39.8 Å². The maximum absolute atomic E-state index is 14.0. The number of ether oxygens (including phenoxy) is 2. The first kappa shape index (κ1) is 20.0. The largest absolute Gasteiger partial charge is 0.494 e. The molecule has 2 aromatic heterocycles. The van der Waals surface area contributed by atoms with E-state index < -0.39 is 16.4 Å². The van der Waals surface area contributed by atoms with Crippen LogP contribution in [0.25, 0.3) is 22.2 Å². The summed E-state index contributed by atoms with van der Waals surface area (Å²) in [5.41, 5.74) is 1.66. The minimum atomic E-state index is -1.01. The van der Waals surface area contributed by atoms with Gasteiger partial charge in [-0.25, -0.2) is 9.97 Å². The maximum Gasteiger partial charge on any atom is 0.307 e. The molecule has 0 saturated carbocycles. The molecule has 0 radical (unpaired) electrons. The zero-order valence-electron chi connectivity index (χ0n) is 16.6. The van der Waals surface area contributed by atoms with Gasteiger partial charge in [0.15, 0.2) is 0 Å². The number of nitro groups is 1. The highest BCUT2D eigenvalue weighted by atomic mass is 35.5. The van der Waals surface area contributed by atoms with Gasteiger partial charge in [0.1, 0.15) is 18.1 Å². The average molecular weight is 456 g/mol. The van der Waals surface area contributed by atoms with Gasteiger partial charge in [0, 0.05) is 29.3 Å². The molecule has 0 spiro atoms. The Bertz CT molecular complexity index is 1390. The lowest BCUT2D eigenvalue weighted by Gasteiger charge is -2.16. The number of rotatable bonds is 5. The van der Waals surface area contributed by atoms with Gasteiger partial charge in [-0.1, -0.05) is 23.7 Å². The number of nitro benzene ring substituents is 1. The van der Waals surface area contributed by atoms with Gasteiger partial charge in [0.2, 0.25) is 11.8 Å². The van der Waals surface area contributed by atoms with Crippen LogP contribution in [0.15, 0.2) is 42.7 Å². The van der Waals surface area contributed by atoms with E-state index in [1.807, 2.05) is 24.4 Å². The second-order valence-electron chi connectivity index (χ2n) is 7.01. The molecule has 0 aliphatic carbocycles. The standard InChI is InChI=1S/C21H15ClFN5O4/c1-31-18-7-14(23)16(28(29)30)8-15(18)25-21-24-9-13(22)19(26-21)12-10-27-5-6-32-17-4-2-3-11(12)20(17)27/h2-4,7-10H,5-6H2,1H3,(H,24,25,26). The number of aromatic nitrogens is 3. The summed E-state index contributed by atoms with van der Waals surface area (Å²) in [4.78, 5) is 19.0. The fraction of sp³-hybridized carbons (Fsp3) is 0.143. The molecule has 0 atom stereocenters. The van der Waals surface area contributed by atoms with E-state index in [1.165, 1.54) is 13.3 Å². The molecule has 9 nitrogen and oxygen atoms in total. The van der Waals surface area contributed by atoms with E-state index in [0.717, 1.165) is 34.3 Å². The zero-order chi connectivity index (χ0) is 22.4. The summed E-state index contributed by atoms with van der Waals surface area (Å²) in [6, 6.07) is 7.72. The molecule has 0 saturated heterocycles. The molecule has 3 heterocycles. The monoisotopic (exact) mass is 455 g/mol. The third-order valence-corrected chi connectivity index (χ3v) is 5.44. The summed E-state index contributed by atoms with van der Waals surface area (Å²) < 4.78 is 26.9. The molecule has 1 aliphatic rings. The van der Waals surface area contributed by atoms with E-state index in [9.17, 15) is 14.5 Å². The molecule has 32 heavy (non-hydrogen) atoms. The quantitative estimate of drug-likeness (QED) is 0.335. The third-order valence-electron chi connectivity index (χ3n) is 5.16. The fourth-order valence-corrected chi connectivity index (χ4v) is 3.94. The Morgan fingerprint density at radius 1 is 1.38 bits per heavy atom. The van der Waals surface area contributed by atoms with Crippen LogP contribution < -0.4 is 14.8 Å². The summed E-state index contributed by atoms with van der Waals surface area (Å²) in [7, 11) is 1.33. The van der Waals surface area contributed by atoms with Crippen molar-refractivity contribution in [3.8, 4) is 22.8 Å². The maximum atomic E-state index is 14.0. The van der Waals surface area contributed by atoms with E-state index in [0.29, 0.717) is 23.9 Å². The molecular weight excluding hydrogens is 441 g/mol.